The maximum absolute atomic E-state index is 11.7. The summed E-state index contributed by atoms with van der Waals surface area (Å²) in [4.78, 5) is 11.2. The molecule has 0 radical (unpaired) electrons. The first kappa shape index (κ1) is 15.6. The highest BCUT2D eigenvalue weighted by Gasteiger charge is 2.09. The highest BCUT2D eigenvalue weighted by Crippen LogP contribution is 1.95. The molecule has 1 atom stereocenters. The lowest BCUT2D eigenvalue weighted by Crippen LogP contribution is -2.36. The van der Waals surface area contributed by atoms with E-state index in [0.29, 0.717) is 0 Å². The van der Waals surface area contributed by atoms with Crippen LogP contribution >= 0.6 is 0 Å². The number of oxime groups is 1. The Hall–Kier alpha value is -1.44. The van der Waals surface area contributed by atoms with Gasteiger partial charge in [-0.15, -0.1) is 0 Å². The Labute approximate surface area is 97.8 Å². The van der Waals surface area contributed by atoms with Gasteiger partial charge in [-0.3, -0.25) is 4.79 Å². The van der Waals surface area contributed by atoms with Crippen LogP contribution in [0.25, 0.3) is 0 Å². The van der Waals surface area contributed by atoms with Gasteiger partial charge in [0.15, 0.2) is 0 Å². The number of alkyl halides is 2. The molecule has 1 amide bonds. The van der Waals surface area contributed by atoms with Gasteiger partial charge in [-0.2, -0.15) is 0 Å². The van der Waals surface area contributed by atoms with Crippen molar-refractivity contribution in [2.75, 3.05) is 13.2 Å². The van der Waals surface area contributed by atoms with Crippen molar-refractivity contribution >= 4 is 11.7 Å². The summed E-state index contributed by atoms with van der Waals surface area (Å²) in [6, 6.07) is -0.298. The monoisotopic (exact) mass is 253 g/mol. The molecule has 6 nitrogen and oxygen atoms in total. The van der Waals surface area contributed by atoms with Crippen LogP contribution in [0, 0.1) is 0 Å². The van der Waals surface area contributed by atoms with Crippen LogP contribution in [0.15, 0.2) is 5.16 Å². The maximum Gasteiger partial charge on any atom is 0.261 e. The minimum Gasteiger partial charge on any atom is -0.409 e. The minimum absolute atomic E-state index is 0.00625. The third-order valence-corrected chi connectivity index (χ3v) is 1.77. The number of hydrogen-bond donors (Lipinski definition) is 3. The quantitative estimate of drug-likeness (QED) is 0.190. The largest absolute Gasteiger partial charge is 0.409 e. The van der Waals surface area contributed by atoms with Crippen molar-refractivity contribution in [3.05, 3.63) is 0 Å². The summed E-state index contributed by atoms with van der Waals surface area (Å²) in [5.74, 6) is -0.329. The fraction of sp³-hybridized carbons (Fsp3) is 0.778. The molecule has 4 N–H and O–H groups in total. The second kappa shape index (κ2) is 8.68. The third kappa shape index (κ3) is 9.49. The molecule has 0 aliphatic carbocycles. The molecule has 0 aliphatic rings. The Morgan fingerprint density at radius 2 is 2.24 bits per heavy atom. The lowest BCUT2D eigenvalue weighted by molar-refractivity contribution is -0.123. The molecule has 0 heterocycles. The average Bonchev–Trinajstić information content (AvgIpc) is 2.23. The van der Waals surface area contributed by atoms with E-state index in [0.717, 1.165) is 0 Å². The smallest absolute Gasteiger partial charge is 0.261 e. The summed E-state index contributed by atoms with van der Waals surface area (Å²) < 4.78 is 27.9. The van der Waals surface area contributed by atoms with Gasteiger partial charge in [-0.25, -0.2) is 8.78 Å². The number of nitrogens with one attached hydrogen (secondary N) is 1. The fourth-order valence-corrected chi connectivity index (χ4v) is 1.09. The minimum atomic E-state index is -2.53. The van der Waals surface area contributed by atoms with Crippen LogP contribution in [0.5, 0.6) is 0 Å². The van der Waals surface area contributed by atoms with Gasteiger partial charge in [-0.05, 0) is 6.92 Å². The number of carbonyl (C=O) groups is 1. The lowest BCUT2D eigenvalue weighted by atomic mass is 10.2. The summed E-state index contributed by atoms with van der Waals surface area (Å²) >= 11 is 0. The second-order valence-electron chi connectivity index (χ2n) is 3.48. The molecule has 17 heavy (non-hydrogen) atoms. The molecule has 0 aliphatic heterocycles. The van der Waals surface area contributed by atoms with Crippen molar-refractivity contribution in [1.82, 2.24) is 5.32 Å². The number of nitrogens with zero attached hydrogens (tertiary/aromatic N) is 1. The Bertz CT molecular complexity index is 262. The standard InChI is InChI=1S/C9H17F2N3O3/c1-6(4-8(12)14-16)13-9(15)2-3-17-5-7(10)11/h6-7,16H,2-5H2,1H3,(H2,12,14)(H,13,15). The van der Waals surface area contributed by atoms with E-state index in [-0.39, 0.29) is 37.2 Å². The summed E-state index contributed by atoms with van der Waals surface area (Å²) in [5, 5.41) is 13.6. The van der Waals surface area contributed by atoms with Crippen LogP contribution in [0.3, 0.4) is 0 Å². The summed E-state index contributed by atoms with van der Waals surface area (Å²) in [7, 11) is 0. The number of hydrogen-bond acceptors (Lipinski definition) is 4. The van der Waals surface area contributed by atoms with Gasteiger partial charge in [0.05, 0.1) is 6.61 Å². The van der Waals surface area contributed by atoms with E-state index in [1.54, 1.807) is 6.92 Å². The van der Waals surface area contributed by atoms with Crippen LogP contribution in [0.1, 0.15) is 19.8 Å². The Kier molecular flexibility index (Phi) is 7.95. The number of ether oxygens (including phenoxy) is 1. The number of halogens is 2. The molecular formula is C9H17F2N3O3. The van der Waals surface area contributed by atoms with Crippen LogP contribution in [0.2, 0.25) is 0 Å². The van der Waals surface area contributed by atoms with E-state index in [4.69, 9.17) is 10.9 Å². The number of amides is 1. The molecule has 0 fully saturated rings. The van der Waals surface area contributed by atoms with Gasteiger partial charge in [-0.1, -0.05) is 5.16 Å². The molecule has 0 spiro atoms. The Balaban J connectivity index is 3.64. The topological polar surface area (TPSA) is 96.9 Å². The highest BCUT2D eigenvalue weighted by atomic mass is 19.3. The van der Waals surface area contributed by atoms with Crippen molar-refractivity contribution in [3.8, 4) is 0 Å². The van der Waals surface area contributed by atoms with Crippen molar-refractivity contribution < 1.29 is 23.5 Å². The normalized spacial score (nSPS) is 13.8. The Morgan fingerprint density at radius 1 is 1.59 bits per heavy atom. The van der Waals surface area contributed by atoms with E-state index in [1.165, 1.54) is 0 Å². The molecule has 0 aromatic heterocycles. The number of amidine groups is 1. The lowest BCUT2D eigenvalue weighted by Gasteiger charge is -2.12. The van der Waals surface area contributed by atoms with Crippen LogP contribution in [-0.4, -0.2) is 42.6 Å². The fourth-order valence-electron chi connectivity index (χ4n) is 1.09. The Morgan fingerprint density at radius 3 is 2.76 bits per heavy atom. The summed E-state index contributed by atoms with van der Waals surface area (Å²) in [5.41, 5.74) is 5.25. The van der Waals surface area contributed by atoms with Gasteiger partial charge in [0, 0.05) is 18.9 Å². The van der Waals surface area contributed by atoms with Gasteiger partial charge in [0.1, 0.15) is 12.4 Å². The number of carbonyl (C=O) groups excluding carboxylic acids is 1. The zero-order chi connectivity index (χ0) is 13.3. The van der Waals surface area contributed by atoms with E-state index in [1.807, 2.05) is 0 Å². The second-order valence-corrected chi connectivity index (χ2v) is 3.48. The van der Waals surface area contributed by atoms with Crippen molar-refractivity contribution in [2.45, 2.75) is 32.2 Å². The number of nitrogens with two attached hydrogens (primary N) is 1. The van der Waals surface area contributed by atoms with E-state index in [9.17, 15) is 13.6 Å². The van der Waals surface area contributed by atoms with Crippen molar-refractivity contribution in [2.24, 2.45) is 10.9 Å². The third-order valence-electron chi connectivity index (χ3n) is 1.77. The van der Waals surface area contributed by atoms with Crippen LogP contribution in [-0.2, 0) is 9.53 Å². The molecule has 1 unspecified atom stereocenters. The molecule has 0 aromatic carbocycles. The molecule has 0 aromatic rings. The molecule has 100 valence electrons. The zero-order valence-electron chi connectivity index (χ0n) is 9.53. The first-order valence-corrected chi connectivity index (χ1v) is 5.07. The van der Waals surface area contributed by atoms with Crippen molar-refractivity contribution in [1.29, 1.82) is 0 Å². The zero-order valence-corrected chi connectivity index (χ0v) is 9.53. The average molecular weight is 253 g/mol. The van der Waals surface area contributed by atoms with E-state index < -0.39 is 13.0 Å². The molecule has 0 bridgehead atoms. The van der Waals surface area contributed by atoms with Gasteiger partial charge in [0.2, 0.25) is 5.91 Å². The molecular weight excluding hydrogens is 236 g/mol. The predicted molar refractivity (Wildman–Crippen MR) is 57.1 cm³/mol. The van der Waals surface area contributed by atoms with E-state index >= 15 is 0 Å². The van der Waals surface area contributed by atoms with Gasteiger partial charge >= 0.3 is 0 Å². The van der Waals surface area contributed by atoms with Crippen LogP contribution in [0.4, 0.5) is 8.78 Å². The van der Waals surface area contributed by atoms with Crippen LogP contribution < -0.4 is 11.1 Å². The highest BCUT2D eigenvalue weighted by molar-refractivity contribution is 5.81. The predicted octanol–water partition coefficient (Wildman–Crippen LogP) is 0.299. The van der Waals surface area contributed by atoms with Gasteiger partial charge in [0.25, 0.3) is 6.43 Å². The summed E-state index contributed by atoms with van der Waals surface area (Å²) in [6.07, 6.45) is -2.33. The molecule has 0 saturated carbocycles. The van der Waals surface area contributed by atoms with Crippen molar-refractivity contribution in [3.63, 3.8) is 0 Å². The molecule has 0 rings (SSSR count). The first-order chi connectivity index (χ1) is 7.95. The van der Waals surface area contributed by atoms with Gasteiger partial charge < -0.3 is 21.0 Å². The molecule has 8 heteroatoms. The van der Waals surface area contributed by atoms with E-state index in [2.05, 4.69) is 15.2 Å². The maximum atomic E-state index is 11.7. The molecule has 0 saturated heterocycles. The first-order valence-electron chi connectivity index (χ1n) is 5.07. The summed E-state index contributed by atoms with van der Waals surface area (Å²) in [6.45, 7) is 0.940. The number of rotatable bonds is 8. The SMILES string of the molecule is CC(CC(N)=NO)NC(=O)CCOCC(F)F.